The highest BCUT2D eigenvalue weighted by molar-refractivity contribution is 6.00. The van der Waals surface area contributed by atoms with Gasteiger partial charge in [-0.1, -0.05) is 122 Å². The monoisotopic (exact) mass is 1240 g/mol. The number of carbonyl (C=O) groups excluding carboxylic acids is 11. The van der Waals surface area contributed by atoms with Crippen molar-refractivity contribution < 1.29 is 57.8 Å². The van der Waals surface area contributed by atoms with E-state index in [2.05, 4.69) is 21.3 Å². The van der Waals surface area contributed by atoms with Gasteiger partial charge >= 0.3 is 0 Å². The summed E-state index contributed by atoms with van der Waals surface area (Å²) < 4.78 is 0. The maximum absolute atomic E-state index is 15.2. The van der Waals surface area contributed by atoms with Crippen LogP contribution in [0.2, 0.25) is 0 Å². The molecule has 1 aliphatic rings. The van der Waals surface area contributed by atoms with Gasteiger partial charge < -0.3 is 60.7 Å². The third-order valence-corrected chi connectivity index (χ3v) is 16.9. The lowest BCUT2D eigenvalue weighted by atomic mass is 9.91. The van der Waals surface area contributed by atoms with Gasteiger partial charge in [0.15, 0.2) is 0 Å². The summed E-state index contributed by atoms with van der Waals surface area (Å²) in [5.41, 5.74) is 0. The minimum atomic E-state index is -1.62. The van der Waals surface area contributed by atoms with E-state index in [0.29, 0.717) is 12.8 Å². The average molecular weight is 1240 g/mol. The third kappa shape index (κ3) is 21.8. The van der Waals surface area contributed by atoms with Crippen molar-refractivity contribution in [2.75, 3.05) is 49.3 Å². The van der Waals surface area contributed by atoms with Crippen molar-refractivity contribution in [3.8, 4) is 0 Å². The molecule has 0 aromatic heterocycles. The maximum Gasteiger partial charge on any atom is 0.246 e. The third-order valence-electron chi connectivity index (χ3n) is 16.9. The van der Waals surface area contributed by atoms with E-state index in [9.17, 15) is 38.7 Å². The van der Waals surface area contributed by atoms with Crippen molar-refractivity contribution in [1.29, 1.82) is 0 Å². The highest BCUT2D eigenvalue weighted by Gasteiger charge is 2.46. The molecule has 1 aliphatic heterocycles. The maximum atomic E-state index is 15.2. The average Bonchev–Trinajstić information content (AvgIpc) is 1.33. The Morgan fingerprint density at radius 3 is 1.24 bits per heavy atom. The van der Waals surface area contributed by atoms with E-state index >= 15 is 19.2 Å². The Balaban J connectivity index is 4.45. The minimum absolute atomic E-state index is 0.0217. The summed E-state index contributed by atoms with van der Waals surface area (Å²) in [5, 5.41) is 23.3. The molecule has 0 saturated carbocycles. The summed E-state index contributed by atoms with van der Waals surface area (Å²) in [6, 6.07) is -13.5. The van der Waals surface area contributed by atoms with Crippen LogP contribution in [0.15, 0.2) is 12.2 Å². The van der Waals surface area contributed by atoms with Gasteiger partial charge in [0.1, 0.15) is 66.5 Å². The zero-order valence-electron chi connectivity index (χ0n) is 58.3. The molecule has 23 heteroatoms. The Hall–Kier alpha value is -6.13. The Kier molecular flexibility index (Phi) is 33.1. The summed E-state index contributed by atoms with van der Waals surface area (Å²) in [7, 11) is 10.1. The van der Waals surface area contributed by atoms with E-state index in [-0.39, 0.29) is 62.2 Å². The van der Waals surface area contributed by atoms with Gasteiger partial charge in [0.2, 0.25) is 65.0 Å². The van der Waals surface area contributed by atoms with E-state index < -0.39 is 155 Å². The van der Waals surface area contributed by atoms with Crippen molar-refractivity contribution >= 4 is 65.0 Å². The van der Waals surface area contributed by atoms with Crippen molar-refractivity contribution in [1.82, 2.24) is 55.6 Å². The number of likely N-dealkylation sites (N-methyl/N-ethyl adjacent to an activating group) is 7. The Morgan fingerprint density at radius 2 is 0.807 bits per heavy atom. The first-order valence-corrected chi connectivity index (χ1v) is 32.1. The van der Waals surface area contributed by atoms with E-state index in [1.54, 1.807) is 47.6 Å². The lowest BCUT2D eigenvalue weighted by molar-refractivity contribution is -0.157. The molecule has 1 heterocycles. The van der Waals surface area contributed by atoms with E-state index in [0.717, 1.165) is 4.90 Å². The van der Waals surface area contributed by atoms with Crippen molar-refractivity contribution in [2.45, 2.75) is 249 Å². The fourth-order valence-electron chi connectivity index (χ4n) is 11.4. The van der Waals surface area contributed by atoms with Gasteiger partial charge in [-0.05, 0) is 107 Å². The molecule has 0 aromatic carbocycles. The molecule has 0 aromatic rings. The molecular formula is C65H117N11O12. The second-order valence-electron chi connectivity index (χ2n) is 27.1. The number of aliphatic hydroxyl groups excluding tert-OH is 1. The van der Waals surface area contributed by atoms with Crippen LogP contribution in [0.25, 0.3) is 0 Å². The van der Waals surface area contributed by atoms with Crippen LogP contribution in [-0.2, 0) is 52.7 Å². The minimum Gasteiger partial charge on any atom is -0.390 e. The number of rotatable bonds is 17. The molecule has 23 nitrogen and oxygen atoms in total. The quantitative estimate of drug-likeness (QED) is 0.127. The number of amides is 11. The number of carbonyl (C=O) groups is 11. The van der Waals surface area contributed by atoms with E-state index in [1.807, 2.05) is 75.3 Å². The molecule has 0 bridgehead atoms. The molecule has 1 fully saturated rings. The Morgan fingerprint density at radius 1 is 0.420 bits per heavy atom. The molecule has 1 saturated heterocycles. The number of hydrogen-bond donors (Lipinski definition) is 5. The SMILES string of the molecule is C/C=C/C[C@@H](C)[C@@H](O)[C@H]1C(=O)N[C@@H](CC)C(=O)N(C)[C@H](CCC)C(=O)N(C)[C@@H](CC(C)C)C(=O)N[C@@H](C(C)C)C(=O)N(C)[C@@H](CC(C)C)C(=O)N[C@@H](C)C(=O)N[C@H](C)C(=O)N(C)[C@@H](CC(C)C)C(=O)N(C)[C@@H](CC(C)C)C(=O)N(C)[C@@H](C(C)C)C(=O)N1C. The fraction of sp³-hybridized carbons (Fsp3) is 0.800. The first-order valence-electron chi connectivity index (χ1n) is 32.1. The summed E-state index contributed by atoms with van der Waals surface area (Å²) in [6.07, 6.45) is 3.63. The molecule has 1 rings (SSSR count). The summed E-state index contributed by atoms with van der Waals surface area (Å²) in [5.74, 6) is -9.63. The topological polar surface area (TPSA) is 279 Å². The van der Waals surface area contributed by atoms with Gasteiger partial charge in [-0.3, -0.25) is 52.7 Å². The standard InChI is InChI=1S/C65H117N11O12/c1-26-29-31-42(16)54(77)53-58(81)68-45(28-3)60(83)70(19)46(30-27-2)61(84)71(20)48(33-37(6)7)57(80)69-51(40(12)13)64(87)72(21)47(32-36(4)5)56(79)66-43(17)55(78)67-44(18)59(82)73(22)49(34-38(8)9)62(85)74(23)50(35-39(10)11)63(86)75(24)52(41(14)15)65(88)76(53)25/h26,29,36-54,77H,27-28,30-35H2,1-25H3,(H,66,79)(H,67,78)(H,68,81)(H,69,80)/b29-26+/t42-,43+,44-,45+,46-,47+,48+,49+,50+,51+,52+,53+,54-/m1/s1. The van der Waals surface area contributed by atoms with Gasteiger partial charge in [-0.2, -0.15) is 0 Å². The molecule has 0 radical (unpaired) electrons. The van der Waals surface area contributed by atoms with Crippen LogP contribution in [0.3, 0.4) is 0 Å². The molecule has 0 spiro atoms. The van der Waals surface area contributed by atoms with Gasteiger partial charge in [-0.15, -0.1) is 0 Å². The lowest BCUT2D eigenvalue weighted by Gasteiger charge is -2.41. The number of nitrogens with one attached hydrogen (secondary N) is 4. The van der Waals surface area contributed by atoms with Gasteiger partial charge in [0, 0.05) is 49.3 Å². The predicted octanol–water partition coefficient (Wildman–Crippen LogP) is 4.44. The van der Waals surface area contributed by atoms with Crippen molar-refractivity contribution in [2.24, 2.45) is 41.4 Å². The zero-order valence-corrected chi connectivity index (χ0v) is 58.3. The van der Waals surface area contributed by atoms with Crippen LogP contribution in [0.5, 0.6) is 0 Å². The van der Waals surface area contributed by atoms with Gasteiger partial charge in [0.25, 0.3) is 0 Å². The number of aliphatic hydroxyl groups is 1. The smallest absolute Gasteiger partial charge is 0.246 e. The molecule has 0 unspecified atom stereocenters. The molecule has 13 atom stereocenters. The second kappa shape index (κ2) is 36.5. The Bertz CT molecular complexity index is 2400. The zero-order chi connectivity index (χ0) is 68.3. The number of nitrogens with zero attached hydrogens (tertiary/aromatic N) is 7. The normalized spacial score (nSPS) is 27.2. The predicted molar refractivity (Wildman–Crippen MR) is 342 cm³/mol. The van der Waals surface area contributed by atoms with Crippen LogP contribution in [0, 0.1) is 41.4 Å². The Labute approximate surface area is 527 Å². The van der Waals surface area contributed by atoms with Crippen LogP contribution >= 0.6 is 0 Å². The molecule has 11 amide bonds. The van der Waals surface area contributed by atoms with Crippen LogP contribution < -0.4 is 21.3 Å². The lowest BCUT2D eigenvalue weighted by Crippen LogP contribution is -2.64. The number of hydrogen-bond acceptors (Lipinski definition) is 12. The summed E-state index contributed by atoms with van der Waals surface area (Å²) >= 11 is 0. The molecule has 504 valence electrons. The van der Waals surface area contributed by atoms with Crippen LogP contribution in [0.4, 0.5) is 0 Å². The van der Waals surface area contributed by atoms with Gasteiger partial charge in [0.05, 0.1) is 6.10 Å². The number of allylic oxidation sites excluding steroid dienone is 2. The highest BCUT2D eigenvalue weighted by atomic mass is 16.3. The molecular weight excluding hydrogens is 1130 g/mol. The fourth-order valence-corrected chi connectivity index (χ4v) is 11.4. The largest absolute Gasteiger partial charge is 0.390 e. The first-order chi connectivity index (χ1) is 40.7. The molecule has 0 aliphatic carbocycles. The van der Waals surface area contributed by atoms with E-state index in [4.69, 9.17) is 0 Å². The highest BCUT2D eigenvalue weighted by Crippen LogP contribution is 2.26. The van der Waals surface area contributed by atoms with Crippen molar-refractivity contribution in [3.05, 3.63) is 12.2 Å². The van der Waals surface area contributed by atoms with Crippen LogP contribution in [-0.4, -0.2) is 226 Å². The summed E-state index contributed by atoms with van der Waals surface area (Å²) in [4.78, 5) is 171. The van der Waals surface area contributed by atoms with Crippen LogP contribution in [0.1, 0.15) is 176 Å². The second-order valence-corrected chi connectivity index (χ2v) is 27.1. The molecule has 5 N–H and O–H groups in total. The molecule has 88 heavy (non-hydrogen) atoms. The van der Waals surface area contributed by atoms with Gasteiger partial charge in [-0.25, -0.2) is 0 Å². The summed E-state index contributed by atoms with van der Waals surface area (Å²) in [6.45, 7) is 31.8. The van der Waals surface area contributed by atoms with Crippen molar-refractivity contribution in [3.63, 3.8) is 0 Å². The first kappa shape index (κ1) is 79.9. The van der Waals surface area contributed by atoms with E-state index in [1.165, 1.54) is 92.6 Å².